The number of amides is 1. The van der Waals surface area contributed by atoms with E-state index in [1.165, 1.54) is 6.08 Å². The van der Waals surface area contributed by atoms with E-state index in [9.17, 15) is 4.79 Å². The standard InChI is InChI=1S/C8H7N3O/c12-7-3-5-9-6-2-1-4-10-8(6)11-7/h1-5,9H,(H,10,11,12). The van der Waals surface area contributed by atoms with Crippen LogP contribution in [0.3, 0.4) is 0 Å². The molecule has 2 rings (SSSR count). The van der Waals surface area contributed by atoms with E-state index in [2.05, 4.69) is 15.6 Å². The number of nitrogens with zero attached hydrogens (tertiary/aromatic N) is 1. The highest BCUT2D eigenvalue weighted by Crippen LogP contribution is 2.19. The summed E-state index contributed by atoms with van der Waals surface area (Å²) in [5.74, 6) is 0.396. The van der Waals surface area contributed by atoms with Crippen molar-refractivity contribution in [2.45, 2.75) is 0 Å². The predicted molar refractivity (Wildman–Crippen MR) is 45.6 cm³/mol. The first-order valence-electron chi connectivity index (χ1n) is 3.55. The van der Waals surface area contributed by atoms with E-state index < -0.39 is 0 Å². The van der Waals surface area contributed by atoms with Gasteiger partial charge in [-0.1, -0.05) is 0 Å². The summed E-state index contributed by atoms with van der Waals surface area (Å²) >= 11 is 0. The number of pyridine rings is 1. The van der Waals surface area contributed by atoms with E-state index in [4.69, 9.17) is 0 Å². The van der Waals surface area contributed by atoms with Gasteiger partial charge < -0.3 is 10.6 Å². The van der Waals surface area contributed by atoms with E-state index in [-0.39, 0.29) is 5.91 Å². The summed E-state index contributed by atoms with van der Waals surface area (Å²) in [5, 5.41) is 5.55. The molecule has 60 valence electrons. The van der Waals surface area contributed by atoms with Crippen molar-refractivity contribution in [2.75, 3.05) is 10.6 Å². The number of hydrogen-bond acceptors (Lipinski definition) is 3. The summed E-state index contributed by atoms with van der Waals surface area (Å²) in [6.07, 6.45) is 4.64. The number of nitrogens with one attached hydrogen (secondary N) is 2. The molecular formula is C8H7N3O. The molecule has 1 aromatic rings. The number of carbonyl (C=O) groups is 1. The van der Waals surface area contributed by atoms with Crippen LogP contribution >= 0.6 is 0 Å². The third-order valence-electron chi connectivity index (χ3n) is 1.52. The van der Waals surface area contributed by atoms with Gasteiger partial charge in [0.25, 0.3) is 5.91 Å². The molecule has 1 aromatic heterocycles. The van der Waals surface area contributed by atoms with Crippen molar-refractivity contribution in [3.8, 4) is 0 Å². The molecule has 0 radical (unpaired) electrons. The van der Waals surface area contributed by atoms with Gasteiger partial charge in [-0.15, -0.1) is 0 Å². The van der Waals surface area contributed by atoms with Crippen molar-refractivity contribution < 1.29 is 4.79 Å². The van der Waals surface area contributed by atoms with Crippen LogP contribution in [-0.2, 0) is 4.79 Å². The Labute approximate surface area is 69.3 Å². The average Bonchev–Trinajstić information content (AvgIpc) is 2.25. The summed E-state index contributed by atoms with van der Waals surface area (Å²) in [5.41, 5.74) is 0.805. The minimum Gasteiger partial charge on any atom is -0.358 e. The number of carbonyl (C=O) groups excluding carboxylic acids is 1. The Morgan fingerprint density at radius 2 is 2.33 bits per heavy atom. The Balaban J connectivity index is 2.44. The lowest BCUT2D eigenvalue weighted by Gasteiger charge is -2.03. The van der Waals surface area contributed by atoms with E-state index in [0.29, 0.717) is 5.82 Å². The lowest BCUT2D eigenvalue weighted by molar-refractivity contribution is -0.111. The first-order chi connectivity index (χ1) is 5.86. The van der Waals surface area contributed by atoms with Crippen LogP contribution in [0.2, 0.25) is 0 Å². The minimum absolute atomic E-state index is 0.167. The smallest absolute Gasteiger partial charge is 0.251 e. The highest BCUT2D eigenvalue weighted by atomic mass is 16.1. The zero-order valence-electron chi connectivity index (χ0n) is 6.24. The van der Waals surface area contributed by atoms with Crippen LogP contribution in [0.15, 0.2) is 30.6 Å². The van der Waals surface area contributed by atoms with Crippen molar-refractivity contribution >= 4 is 17.4 Å². The van der Waals surface area contributed by atoms with Crippen molar-refractivity contribution in [3.63, 3.8) is 0 Å². The van der Waals surface area contributed by atoms with Crippen molar-refractivity contribution in [3.05, 3.63) is 30.6 Å². The Hall–Kier alpha value is -1.84. The fourth-order valence-corrected chi connectivity index (χ4v) is 0.987. The normalized spacial score (nSPS) is 14.2. The van der Waals surface area contributed by atoms with Gasteiger partial charge in [0.2, 0.25) is 0 Å². The van der Waals surface area contributed by atoms with Gasteiger partial charge in [-0.25, -0.2) is 4.98 Å². The Morgan fingerprint density at radius 1 is 1.42 bits per heavy atom. The Morgan fingerprint density at radius 3 is 3.25 bits per heavy atom. The molecule has 0 spiro atoms. The quantitative estimate of drug-likeness (QED) is 0.595. The molecule has 1 aliphatic heterocycles. The first kappa shape index (κ1) is 6.84. The van der Waals surface area contributed by atoms with Crippen molar-refractivity contribution in [2.24, 2.45) is 0 Å². The van der Waals surface area contributed by atoms with E-state index >= 15 is 0 Å². The molecule has 4 heteroatoms. The Kier molecular flexibility index (Phi) is 1.51. The second kappa shape index (κ2) is 2.65. The molecule has 2 heterocycles. The lowest BCUT2D eigenvalue weighted by Crippen LogP contribution is -2.07. The molecule has 0 aromatic carbocycles. The van der Waals surface area contributed by atoms with Crippen LogP contribution in [0.4, 0.5) is 11.5 Å². The largest absolute Gasteiger partial charge is 0.358 e. The minimum atomic E-state index is -0.167. The number of anilines is 2. The maximum absolute atomic E-state index is 11.0. The van der Waals surface area contributed by atoms with Crippen LogP contribution < -0.4 is 10.6 Å². The maximum atomic E-state index is 11.0. The molecule has 0 unspecified atom stereocenters. The maximum Gasteiger partial charge on any atom is 0.251 e. The van der Waals surface area contributed by atoms with Crippen molar-refractivity contribution in [1.82, 2.24) is 4.98 Å². The third-order valence-corrected chi connectivity index (χ3v) is 1.52. The van der Waals surface area contributed by atoms with Gasteiger partial charge in [-0.2, -0.15) is 0 Å². The number of rotatable bonds is 0. The highest BCUT2D eigenvalue weighted by molar-refractivity contribution is 6.02. The number of aromatic nitrogens is 1. The molecule has 0 fully saturated rings. The van der Waals surface area contributed by atoms with E-state index in [1.807, 2.05) is 6.07 Å². The zero-order chi connectivity index (χ0) is 8.39. The predicted octanol–water partition coefficient (Wildman–Crippen LogP) is 0.959. The molecule has 0 aliphatic carbocycles. The molecule has 0 saturated heterocycles. The number of fused-ring (bicyclic) bond motifs is 1. The van der Waals surface area contributed by atoms with Gasteiger partial charge >= 0.3 is 0 Å². The lowest BCUT2D eigenvalue weighted by atomic mass is 10.4. The number of hydrogen-bond donors (Lipinski definition) is 2. The zero-order valence-corrected chi connectivity index (χ0v) is 6.24. The summed E-state index contributed by atoms with van der Waals surface area (Å²) in [6, 6.07) is 3.65. The fraction of sp³-hybridized carbons (Fsp3) is 0. The molecule has 0 atom stereocenters. The van der Waals surface area contributed by atoms with Gasteiger partial charge in [0.1, 0.15) is 0 Å². The van der Waals surface area contributed by atoms with Gasteiger partial charge in [-0.3, -0.25) is 4.79 Å². The molecule has 0 saturated carbocycles. The molecule has 2 N–H and O–H groups in total. The molecule has 1 aliphatic rings. The SMILES string of the molecule is O=C1C=CNc2cccnc2N1. The summed E-state index contributed by atoms with van der Waals surface area (Å²) in [7, 11) is 0. The van der Waals surface area contributed by atoms with E-state index in [0.717, 1.165) is 5.69 Å². The van der Waals surface area contributed by atoms with Crippen LogP contribution in [0.5, 0.6) is 0 Å². The van der Waals surface area contributed by atoms with Crippen LogP contribution in [-0.4, -0.2) is 10.9 Å². The van der Waals surface area contributed by atoms with Gasteiger partial charge in [0.15, 0.2) is 5.82 Å². The van der Waals surface area contributed by atoms with Gasteiger partial charge in [-0.05, 0) is 12.1 Å². The highest BCUT2D eigenvalue weighted by Gasteiger charge is 2.06. The molecule has 0 bridgehead atoms. The topological polar surface area (TPSA) is 54.0 Å². The summed E-state index contributed by atoms with van der Waals surface area (Å²) in [4.78, 5) is 15.0. The summed E-state index contributed by atoms with van der Waals surface area (Å²) < 4.78 is 0. The van der Waals surface area contributed by atoms with E-state index in [1.54, 1.807) is 18.5 Å². The molecule has 4 nitrogen and oxygen atoms in total. The van der Waals surface area contributed by atoms with Crippen LogP contribution in [0.1, 0.15) is 0 Å². The average molecular weight is 161 g/mol. The molecular weight excluding hydrogens is 154 g/mol. The summed E-state index contributed by atoms with van der Waals surface area (Å²) in [6.45, 7) is 0. The van der Waals surface area contributed by atoms with Crippen LogP contribution in [0.25, 0.3) is 0 Å². The Bertz CT molecular complexity index is 346. The first-order valence-corrected chi connectivity index (χ1v) is 3.55. The fourth-order valence-electron chi connectivity index (χ4n) is 0.987. The second-order valence-electron chi connectivity index (χ2n) is 2.37. The third kappa shape index (κ3) is 1.14. The van der Waals surface area contributed by atoms with Crippen molar-refractivity contribution in [1.29, 1.82) is 0 Å². The second-order valence-corrected chi connectivity index (χ2v) is 2.37. The monoisotopic (exact) mass is 161 g/mol. The molecule has 12 heavy (non-hydrogen) atoms. The van der Waals surface area contributed by atoms with Gasteiger partial charge in [0, 0.05) is 18.5 Å². The van der Waals surface area contributed by atoms with Crippen LogP contribution in [0, 0.1) is 0 Å². The van der Waals surface area contributed by atoms with Gasteiger partial charge in [0.05, 0.1) is 5.69 Å². The molecule has 1 amide bonds.